The quantitative estimate of drug-likeness (QED) is 0.809. The molecule has 5 nitrogen and oxygen atoms in total. The molecule has 4 rings (SSSR count). The fraction of sp³-hybridized carbons (Fsp3) is 0.474. The first-order valence-electron chi connectivity index (χ1n) is 8.28. The fourth-order valence-electron chi connectivity index (χ4n) is 4.63. The molecule has 2 aliphatic carbocycles. The van der Waals surface area contributed by atoms with Crippen LogP contribution >= 0.6 is 0 Å². The molecule has 2 N–H and O–H groups in total. The number of benzene rings is 1. The van der Waals surface area contributed by atoms with Gasteiger partial charge in [-0.1, -0.05) is 6.07 Å². The van der Waals surface area contributed by atoms with Crippen molar-refractivity contribution in [2.24, 2.45) is 0 Å². The third-order valence-corrected chi connectivity index (χ3v) is 5.82. The lowest BCUT2D eigenvalue weighted by Crippen LogP contribution is -2.54. The number of aromatic hydroxyl groups is 1. The second-order valence-electron chi connectivity index (χ2n) is 6.89. The van der Waals surface area contributed by atoms with Crippen molar-refractivity contribution >= 4 is 0 Å². The minimum Gasteiger partial charge on any atom is -0.504 e. The monoisotopic (exact) mass is 329 g/mol. The first-order valence-corrected chi connectivity index (χ1v) is 8.28. The molecule has 0 saturated carbocycles. The van der Waals surface area contributed by atoms with Gasteiger partial charge in [-0.05, 0) is 55.8 Å². The Labute approximate surface area is 141 Å². The van der Waals surface area contributed by atoms with Crippen LogP contribution in [0.3, 0.4) is 0 Å². The van der Waals surface area contributed by atoms with E-state index in [9.17, 15) is 10.2 Å². The lowest BCUT2D eigenvalue weighted by molar-refractivity contribution is 0.131. The molecular formula is C19H23NO4. The summed E-state index contributed by atoms with van der Waals surface area (Å²) in [5.41, 5.74) is 2.75. The zero-order chi connectivity index (χ0) is 17.1. The number of hydrogen-bond donors (Lipinski definition) is 2. The molecule has 0 aromatic heterocycles. The molecule has 0 radical (unpaired) electrons. The van der Waals surface area contributed by atoms with Gasteiger partial charge in [0.2, 0.25) is 0 Å². The first kappa shape index (κ1) is 15.5. The number of rotatable bonds is 2. The molecule has 1 heterocycles. The van der Waals surface area contributed by atoms with E-state index in [4.69, 9.17) is 9.47 Å². The van der Waals surface area contributed by atoms with Crippen molar-refractivity contribution in [3.63, 3.8) is 0 Å². The summed E-state index contributed by atoms with van der Waals surface area (Å²) in [5.74, 6) is 1.22. The predicted octanol–water partition coefficient (Wildman–Crippen LogP) is 1.73. The van der Waals surface area contributed by atoms with Crippen molar-refractivity contribution in [1.29, 1.82) is 0 Å². The second kappa shape index (κ2) is 5.26. The van der Waals surface area contributed by atoms with Gasteiger partial charge in [0, 0.05) is 17.0 Å². The second-order valence-corrected chi connectivity index (χ2v) is 6.89. The van der Waals surface area contributed by atoms with E-state index >= 15 is 0 Å². The molecule has 0 amide bonds. The van der Waals surface area contributed by atoms with E-state index in [2.05, 4.69) is 11.9 Å². The van der Waals surface area contributed by atoms with Gasteiger partial charge in [0.05, 0.1) is 14.2 Å². The Morgan fingerprint density at radius 3 is 2.75 bits per heavy atom. The molecule has 1 fully saturated rings. The van der Waals surface area contributed by atoms with Crippen LogP contribution in [0.1, 0.15) is 17.5 Å². The van der Waals surface area contributed by atoms with E-state index in [1.54, 1.807) is 14.2 Å². The number of phenols is 1. The van der Waals surface area contributed by atoms with Crippen LogP contribution in [-0.2, 0) is 16.6 Å². The summed E-state index contributed by atoms with van der Waals surface area (Å²) in [6.45, 7) is 0.918. The van der Waals surface area contributed by atoms with Crippen LogP contribution in [0.5, 0.6) is 11.5 Å². The highest BCUT2D eigenvalue weighted by Crippen LogP contribution is 2.56. The third kappa shape index (κ3) is 1.88. The maximum Gasteiger partial charge on any atom is 0.162 e. The maximum absolute atomic E-state index is 10.9. The Kier molecular flexibility index (Phi) is 3.41. The number of methoxy groups -OCH3 is 2. The van der Waals surface area contributed by atoms with Crippen LogP contribution in [0.4, 0.5) is 0 Å². The van der Waals surface area contributed by atoms with Gasteiger partial charge >= 0.3 is 0 Å². The zero-order valence-electron chi connectivity index (χ0n) is 14.2. The van der Waals surface area contributed by atoms with E-state index < -0.39 is 11.5 Å². The maximum atomic E-state index is 10.9. The van der Waals surface area contributed by atoms with Gasteiger partial charge in [0.1, 0.15) is 11.9 Å². The summed E-state index contributed by atoms with van der Waals surface area (Å²) in [6.07, 6.45) is 4.82. The molecule has 1 saturated heterocycles. The normalized spacial score (nSPS) is 31.5. The number of hydrogen-bond acceptors (Lipinski definition) is 5. The third-order valence-electron chi connectivity index (χ3n) is 5.82. The van der Waals surface area contributed by atoms with Crippen molar-refractivity contribution in [3.05, 3.63) is 46.7 Å². The highest BCUT2D eigenvalue weighted by atomic mass is 16.5. The molecule has 1 aromatic rings. The predicted molar refractivity (Wildman–Crippen MR) is 90.3 cm³/mol. The van der Waals surface area contributed by atoms with Gasteiger partial charge in [-0.25, -0.2) is 0 Å². The van der Waals surface area contributed by atoms with Gasteiger partial charge in [-0.15, -0.1) is 0 Å². The Bertz CT molecular complexity index is 754. The lowest BCUT2D eigenvalue weighted by atomic mass is 9.58. The van der Waals surface area contributed by atoms with Crippen LogP contribution < -0.4 is 4.74 Å². The standard InChI is InChI=1S/C19H23NO4/c1-20-7-6-19-10-16(24-3)14(21)9-12(19)13(20)8-11-4-5-15(23-2)18(22)17(11)19/h4-5,9-10,13-14,21-22H,6-8H2,1-3H3/t13-,14+,19+/m1/s1. The number of fused-ring (bicyclic) bond motifs is 1. The van der Waals surface area contributed by atoms with Gasteiger partial charge in [0.25, 0.3) is 0 Å². The van der Waals surface area contributed by atoms with Crippen molar-refractivity contribution in [2.75, 3.05) is 27.8 Å². The van der Waals surface area contributed by atoms with Crippen LogP contribution in [0, 0.1) is 0 Å². The first-order chi connectivity index (χ1) is 11.5. The lowest BCUT2D eigenvalue weighted by Gasteiger charge is -2.53. The number of aliphatic hydroxyl groups is 1. The Morgan fingerprint density at radius 2 is 2.04 bits per heavy atom. The minimum atomic E-state index is -0.735. The molecule has 2 bridgehead atoms. The smallest absolute Gasteiger partial charge is 0.162 e. The highest BCUT2D eigenvalue weighted by molar-refractivity contribution is 5.64. The number of aliphatic hydroxyl groups excluding tert-OH is 1. The molecule has 24 heavy (non-hydrogen) atoms. The highest BCUT2D eigenvalue weighted by Gasteiger charge is 2.51. The van der Waals surface area contributed by atoms with Crippen LogP contribution in [0.25, 0.3) is 0 Å². The molecule has 1 aliphatic heterocycles. The van der Waals surface area contributed by atoms with Crippen LogP contribution in [0.2, 0.25) is 0 Å². The average Bonchev–Trinajstić information content (AvgIpc) is 2.58. The Morgan fingerprint density at radius 1 is 1.25 bits per heavy atom. The van der Waals surface area contributed by atoms with Gasteiger partial charge in [-0.3, -0.25) is 4.90 Å². The number of ether oxygens (including phenoxy) is 2. The van der Waals surface area contributed by atoms with Crippen molar-refractivity contribution in [1.82, 2.24) is 4.90 Å². The number of phenolic OH excluding ortho intramolecular Hbond substituents is 1. The van der Waals surface area contributed by atoms with Crippen LogP contribution in [-0.4, -0.2) is 55.1 Å². The molecule has 3 aliphatic rings. The zero-order valence-corrected chi connectivity index (χ0v) is 14.2. The summed E-state index contributed by atoms with van der Waals surface area (Å²) in [7, 11) is 5.26. The molecule has 128 valence electrons. The van der Waals surface area contributed by atoms with E-state index in [0.717, 1.165) is 36.1 Å². The topological polar surface area (TPSA) is 62.2 Å². The Hall–Kier alpha value is -1.98. The number of piperidine rings is 1. The van der Waals surface area contributed by atoms with Gasteiger partial charge in [-0.2, -0.15) is 0 Å². The van der Waals surface area contributed by atoms with Crippen LogP contribution in [0.15, 0.2) is 35.6 Å². The summed E-state index contributed by atoms with van der Waals surface area (Å²) in [6, 6.07) is 4.10. The number of nitrogens with zero attached hydrogens (tertiary/aromatic N) is 1. The summed E-state index contributed by atoms with van der Waals surface area (Å²) in [5, 5.41) is 21.3. The van der Waals surface area contributed by atoms with E-state index in [1.807, 2.05) is 24.3 Å². The fourth-order valence-corrected chi connectivity index (χ4v) is 4.63. The van der Waals surface area contributed by atoms with E-state index in [-0.39, 0.29) is 11.8 Å². The van der Waals surface area contributed by atoms with Crippen molar-refractivity contribution in [3.8, 4) is 11.5 Å². The number of likely N-dealkylation sites (tertiary alicyclic amines) is 1. The van der Waals surface area contributed by atoms with Crippen molar-refractivity contribution < 1.29 is 19.7 Å². The summed E-state index contributed by atoms with van der Waals surface area (Å²) >= 11 is 0. The molecule has 5 heteroatoms. The van der Waals surface area contributed by atoms with Crippen molar-refractivity contribution in [2.45, 2.75) is 30.4 Å². The van der Waals surface area contributed by atoms with E-state index in [1.165, 1.54) is 0 Å². The molecular weight excluding hydrogens is 306 g/mol. The SMILES string of the molecule is COC1=C[C@]23CCN(C)[C@H](Cc4ccc(OC)c(O)c42)C3=C[C@@H]1O. The van der Waals surface area contributed by atoms with Gasteiger partial charge in [0.15, 0.2) is 11.5 Å². The average molecular weight is 329 g/mol. The molecule has 0 unspecified atom stereocenters. The largest absolute Gasteiger partial charge is 0.504 e. The van der Waals surface area contributed by atoms with E-state index in [0.29, 0.717) is 11.5 Å². The summed E-state index contributed by atoms with van der Waals surface area (Å²) in [4.78, 5) is 2.33. The van der Waals surface area contributed by atoms with Gasteiger partial charge < -0.3 is 19.7 Å². The number of likely N-dealkylation sites (N-methyl/N-ethyl adjacent to an activating group) is 1. The molecule has 3 atom stereocenters. The molecule has 1 aromatic carbocycles. The Balaban J connectivity index is 2.01. The summed E-state index contributed by atoms with van der Waals surface area (Å²) < 4.78 is 10.8. The molecule has 0 spiro atoms. The minimum absolute atomic E-state index is 0.201. The number of allylic oxidation sites excluding steroid dienone is 1.